The lowest BCUT2D eigenvalue weighted by molar-refractivity contribution is 0.0870. The number of anilines is 1. The highest BCUT2D eigenvalue weighted by Crippen LogP contribution is 2.24. The lowest BCUT2D eigenvalue weighted by Gasteiger charge is -2.09. The molecule has 15 heavy (non-hydrogen) atoms. The van der Waals surface area contributed by atoms with E-state index >= 15 is 0 Å². The second kappa shape index (κ2) is 6.21. The number of halogens is 2. The first-order chi connectivity index (χ1) is 7.09. The van der Waals surface area contributed by atoms with E-state index in [9.17, 15) is 0 Å². The van der Waals surface area contributed by atoms with E-state index in [1.54, 1.807) is 12.1 Å². The summed E-state index contributed by atoms with van der Waals surface area (Å²) in [5.74, 6) is 0. The predicted molar refractivity (Wildman–Crippen MR) is 66.0 cm³/mol. The maximum absolute atomic E-state index is 5.87. The summed E-state index contributed by atoms with van der Waals surface area (Å²) < 4.78 is 5.40. The zero-order valence-corrected chi connectivity index (χ0v) is 10.4. The van der Waals surface area contributed by atoms with Gasteiger partial charge in [-0.05, 0) is 32.0 Å². The Morgan fingerprint density at radius 1 is 1.27 bits per heavy atom. The van der Waals surface area contributed by atoms with Gasteiger partial charge in [0.05, 0.1) is 22.8 Å². The van der Waals surface area contributed by atoms with Crippen LogP contribution in [0.5, 0.6) is 0 Å². The molecule has 1 N–H and O–H groups in total. The molecule has 1 aromatic carbocycles. The van der Waals surface area contributed by atoms with Gasteiger partial charge in [0.2, 0.25) is 0 Å². The monoisotopic (exact) mass is 247 g/mol. The van der Waals surface area contributed by atoms with E-state index in [0.717, 1.165) is 12.2 Å². The maximum atomic E-state index is 5.87. The normalized spacial score (nSPS) is 10.7. The third-order valence-corrected chi connectivity index (χ3v) is 2.54. The van der Waals surface area contributed by atoms with Crippen LogP contribution in [0.1, 0.15) is 13.8 Å². The van der Waals surface area contributed by atoms with Crippen LogP contribution < -0.4 is 5.32 Å². The number of hydrogen-bond acceptors (Lipinski definition) is 2. The summed E-state index contributed by atoms with van der Waals surface area (Å²) >= 11 is 11.7. The lowest BCUT2D eigenvalue weighted by atomic mass is 10.3. The predicted octanol–water partition coefficient (Wildman–Crippen LogP) is 3.83. The second-order valence-corrected chi connectivity index (χ2v) is 4.29. The van der Waals surface area contributed by atoms with Gasteiger partial charge in [-0.25, -0.2) is 0 Å². The van der Waals surface area contributed by atoms with Gasteiger partial charge in [0.1, 0.15) is 0 Å². The van der Waals surface area contributed by atoms with E-state index in [-0.39, 0.29) is 6.10 Å². The summed E-state index contributed by atoms with van der Waals surface area (Å²) in [7, 11) is 0. The van der Waals surface area contributed by atoms with Crippen LogP contribution in [0.4, 0.5) is 5.69 Å². The average Bonchev–Trinajstić information content (AvgIpc) is 2.18. The number of ether oxygens (including phenoxy) is 1. The van der Waals surface area contributed by atoms with Crippen LogP contribution in [0, 0.1) is 0 Å². The van der Waals surface area contributed by atoms with Gasteiger partial charge in [-0.1, -0.05) is 23.2 Å². The molecule has 0 spiro atoms. The molecule has 0 aliphatic carbocycles. The fraction of sp³-hybridized carbons (Fsp3) is 0.455. The standard InChI is InChI=1S/C11H15Cl2NO/c1-8(2)15-6-5-14-9-3-4-10(12)11(13)7-9/h3-4,7-8,14H,5-6H2,1-2H3. The van der Waals surface area contributed by atoms with Crippen LogP contribution >= 0.6 is 23.2 Å². The Kier molecular flexibility index (Phi) is 5.23. The summed E-state index contributed by atoms with van der Waals surface area (Å²) in [4.78, 5) is 0. The summed E-state index contributed by atoms with van der Waals surface area (Å²) in [6.45, 7) is 5.46. The SMILES string of the molecule is CC(C)OCCNc1ccc(Cl)c(Cl)c1. The molecule has 1 aromatic rings. The third-order valence-electron chi connectivity index (χ3n) is 1.80. The molecular weight excluding hydrogens is 233 g/mol. The van der Waals surface area contributed by atoms with Gasteiger partial charge in [-0.15, -0.1) is 0 Å². The van der Waals surface area contributed by atoms with Crippen LogP contribution in [-0.4, -0.2) is 19.3 Å². The molecule has 0 aromatic heterocycles. The Bertz CT molecular complexity index is 315. The molecule has 0 atom stereocenters. The van der Waals surface area contributed by atoms with E-state index < -0.39 is 0 Å². The molecule has 0 aliphatic rings. The van der Waals surface area contributed by atoms with Crippen molar-refractivity contribution < 1.29 is 4.74 Å². The third kappa shape index (κ3) is 4.74. The smallest absolute Gasteiger partial charge is 0.0642 e. The molecule has 2 nitrogen and oxygen atoms in total. The van der Waals surface area contributed by atoms with Crippen molar-refractivity contribution >= 4 is 28.9 Å². The summed E-state index contributed by atoms with van der Waals surface area (Å²) in [6.07, 6.45) is 0.264. The molecule has 0 amide bonds. The first-order valence-corrected chi connectivity index (χ1v) is 5.65. The van der Waals surface area contributed by atoms with Crippen molar-refractivity contribution in [3.05, 3.63) is 28.2 Å². The van der Waals surface area contributed by atoms with Gasteiger partial charge in [0.25, 0.3) is 0 Å². The fourth-order valence-electron chi connectivity index (χ4n) is 1.10. The molecule has 0 radical (unpaired) electrons. The Balaban J connectivity index is 2.35. The first kappa shape index (κ1) is 12.6. The number of rotatable bonds is 5. The van der Waals surface area contributed by atoms with Crippen molar-refractivity contribution in [3.8, 4) is 0 Å². The van der Waals surface area contributed by atoms with Gasteiger partial charge in [-0.3, -0.25) is 0 Å². The Hall–Kier alpha value is -0.440. The minimum atomic E-state index is 0.264. The molecule has 4 heteroatoms. The van der Waals surface area contributed by atoms with Crippen molar-refractivity contribution in [2.75, 3.05) is 18.5 Å². The van der Waals surface area contributed by atoms with Crippen LogP contribution in [0.25, 0.3) is 0 Å². The van der Waals surface area contributed by atoms with Gasteiger partial charge in [0.15, 0.2) is 0 Å². The molecule has 1 rings (SSSR count). The first-order valence-electron chi connectivity index (χ1n) is 4.90. The van der Waals surface area contributed by atoms with Crippen LogP contribution in [-0.2, 0) is 4.74 Å². The van der Waals surface area contributed by atoms with Crippen molar-refractivity contribution in [1.29, 1.82) is 0 Å². The summed E-state index contributed by atoms with van der Waals surface area (Å²) in [6, 6.07) is 5.47. The van der Waals surface area contributed by atoms with Gasteiger partial charge < -0.3 is 10.1 Å². The topological polar surface area (TPSA) is 21.3 Å². The van der Waals surface area contributed by atoms with Crippen molar-refractivity contribution in [1.82, 2.24) is 0 Å². The van der Waals surface area contributed by atoms with E-state index in [0.29, 0.717) is 16.7 Å². The highest BCUT2D eigenvalue weighted by atomic mass is 35.5. The minimum absolute atomic E-state index is 0.264. The molecule has 0 saturated heterocycles. The Morgan fingerprint density at radius 2 is 2.00 bits per heavy atom. The molecule has 0 aliphatic heterocycles. The quantitative estimate of drug-likeness (QED) is 0.799. The minimum Gasteiger partial charge on any atom is -0.383 e. The number of nitrogens with one attached hydrogen (secondary N) is 1. The average molecular weight is 248 g/mol. The maximum Gasteiger partial charge on any atom is 0.0642 e. The number of benzene rings is 1. The Labute approximate surface area is 101 Å². The van der Waals surface area contributed by atoms with E-state index in [4.69, 9.17) is 27.9 Å². The fourth-order valence-corrected chi connectivity index (χ4v) is 1.39. The number of hydrogen-bond donors (Lipinski definition) is 1. The zero-order valence-electron chi connectivity index (χ0n) is 8.89. The van der Waals surface area contributed by atoms with Crippen molar-refractivity contribution in [2.45, 2.75) is 20.0 Å². The van der Waals surface area contributed by atoms with Crippen LogP contribution in [0.2, 0.25) is 10.0 Å². The van der Waals surface area contributed by atoms with Crippen LogP contribution in [0.3, 0.4) is 0 Å². The summed E-state index contributed by atoms with van der Waals surface area (Å²) in [5.41, 5.74) is 0.955. The summed E-state index contributed by atoms with van der Waals surface area (Å²) in [5, 5.41) is 4.33. The van der Waals surface area contributed by atoms with E-state index in [1.807, 2.05) is 19.9 Å². The molecule has 0 unspecified atom stereocenters. The van der Waals surface area contributed by atoms with Crippen LogP contribution in [0.15, 0.2) is 18.2 Å². The molecular formula is C11H15Cl2NO. The van der Waals surface area contributed by atoms with E-state index in [2.05, 4.69) is 5.32 Å². The van der Waals surface area contributed by atoms with Crippen molar-refractivity contribution in [2.24, 2.45) is 0 Å². The molecule has 0 bridgehead atoms. The lowest BCUT2D eigenvalue weighted by Crippen LogP contribution is -2.13. The van der Waals surface area contributed by atoms with E-state index in [1.165, 1.54) is 0 Å². The zero-order chi connectivity index (χ0) is 11.3. The highest BCUT2D eigenvalue weighted by molar-refractivity contribution is 6.42. The van der Waals surface area contributed by atoms with Gasteiger partial charge in [-0.2, -0.15) is 0 Å². The second-order valence-electron chi connectivity index (χ2n) is 3.48. The largest absolute Gasteiger partial charge is 0.383 e. The van der Waals surface area contributed by atoms with Gasteiger partial charge >= 0.3 is 0 Å². The highest BCUT2D eigenvalue weighted by Gasteiger charge is 1.99. The molecule has 0 heterocycles. The van der Waals surface area contributed by atoms with Crippen molar-refractivity contribution in [3.63, 3.8) is 0 Å². The Morgan fingerprint density at radius 3 is 2.60 bits per heavy atom. The molecule has 84 valence electrons. The van der Waals surface area contributed by atoms with Gasteiger partial charge in [0, 0.05) is 12.2 Å². The molecule has 0 fully saturated rings. The molecule has 0 saturated carbocycles.